The van der Waals surface area contributed by atoms with Crippen LogP contribution < -0.4 is 5.32 Å². The van der Waals surface area contributed by atoms with E-state index in [9.17, 15) is 9.59 Å². The summed E-state index contributed by atoms with van der Waals surface area (Å²) >= 11 is 3.37. The Labute approximate surface area is 132 Å². The first kappa shape index (κ1) is 18.9. The maximum absolute atomic E-state index is 11.8. The summed E-state index contributed by atoms with van der Waals surface area (Å²) in [6.07, 6.45) is 0. The summed E-state index contributed by atoms with van der Waals surface area (Å²) in [6, 6.07) is 4.90. The van der Waals surface area contributed by atoms with Gasteiger partial charge in [-0.15, -0.1) is 12.4 Å². The van der Waals surface area contributed by atoms with Gasteiger partial charge in [-0.3, -0.25) is 14.5 Å². The number of carbonyl (C=O) groups is 2. The van der Waals surface area contributed by atoms with Gasteiger partial charge in [0.25, 0.3) is 0 Å². The van der Waals surface area contributed by atoms with Crippen molar-refractivity contribution in [1.29, 1.82) is 0 Å². The van der Waals surface area contributed by atoms with Crippen LogP contribution in [0.15, 0.2) is 22.7 Å². The summed E-state index contributed by atoms with van der Waals surface area (Å²) in [6.45, 7) is 3.52. The second-order valence-corrected chi connectivity index (χ2v) is 5.32. The molecule has 1 aromatic carbocycles. The Hall–Kier alpha value is -1.11. The van der Waals surface area contributed by atoms with E-state index in [4.69, 9.17) is 5.11 Å². The summed E-state index contributed by atoms with van der Waals surface area (Å²) in [4.78, 5) is 24.1. The Morgan fingerprint density at radius 2 is 2.05 bits per heavy atom. The third kappa shape index (κ3) is 5.48. The predicted octanol–water partition coefficient (Wildman–Crippen LogP) is 2.52. The quantitative estimate of drug-likeness (QED) is 0.841. The zero-order valence-electron chi connectivity index (χ0n) is 11.5. The molecular formula is C13H18BrClN2O3. The SMILES string of the molecule is Cc1ccc(NC(=O)CN(C)C(C)C(=O)O)c(Br)c1.Cl. The number of likely N-dealkylation sites (N-methyl/N-ethyl adjacent to an activating group) is 1. The number of halogens is 2. The molecule has 0 aromatic heterocycles. The lowest BCUT2D eigenvalue weighted by atomic mass is 10.2. The number of nitrogens with one attached hydrogen (secondary N) is 1. The van der Waals surface area contributed by atoms with E-state index in [0.29, 0.717) is 5.69 Å². The molecule has 0 bridgehead atoms. The van der Waals surface area contributed by atoms with E-state index in [1.165, 1.54) is 11.8 Å². The van der Waals surface area contributed by atoms with E-state index in [2.05, 4.69) is 21.2 Å². The normalized spacial score (nSPS) is 11.7. The van der Waals surface area contributed by atoms with Gasteiger partial charge in [0.05, 0.1) is 12.2 Å². The van der Waals surface area contributed by atoms with Crippen LogP contribution in [0, 0.1) is 6.92 Å². The number of hydrogen-bond acceptors (Lipinski definition) is 3. The van der Waals surface area contributed by atoms with E-state index in [1.54, 1.807) is 13.1 Å². The number of rotatable bonds is 5. The van der Waals surface area contributed by atoms with Gasteiger partial charge in [-0.25, -0.2) is 0 Å². The van der Waals surface area contributed by atoms with Crippen LogP contribution in [0.1, 0.15) is 12.5 Å². The second-order valence-electron chi connectivity index (χ2n) is 4.46. The van der Waals surface area contributed by atoms with Gasteiger partial charge < -0.3 is 10.4 Å². The third-order valence-electron chi connectivity index (χ3n) is 2.81. The third-order valence-corrected chi connectivity index (χ3v) is 3.47. The molecule has 0 spiro atoms. The zero-order valence-corrected chi connectivity index (χ0v) is 13.9. The molecule has 0 heterocycles. The van der Waals surface area contributed by atoms with Crippen molar-refractivity contribution >= 4 is 45.9 Å². The molecule has 20 heavy (non-hydrogen) atoms. The van der Waals surface area contributed by atoms with Crippen molar-refractivity contribution in [3.63, 3.8) is 0 Å². The number of hydrogen-bond donors (Lipinski definition) is 2. The molecule has 1 unspecified atom stereocenters. The van der Waals surface area contributed by atoms with E-state index < -0.39 is 12.0 Å². The summed E-state index contributed by atoms with van der Waals surface area (Å²) < 4.78 is 0.801. The molecule has 5 nitrogen and oxygen atoms in total. The molecule has 0 saturated carbocycles. The molecule has 1 rings (SSSR count). The number of aliphatic carboxylic acids is 1. The molecule has 112 valence electrons. The van der Waals surface area contributed by atoms with Gasteiger partial charge in [-0.05, 0) is 54.5 Å². The Kier molecular flexibility index (Phi) is 7.78. The molecule has 2 N–H and O–H groups in total. The van der Waals surface area contributed by atoms with Gasteiger partial charge in [0.2, 0.25) is 5.91 Å². The van der Waals surface area contributed by atoms with E-state index >= 15 is 0 Å². The first-order valence-corrected chi connectivity index (χ1v) is 6.59. The second kappa shape index (κ2) is 8.24. The maximum Gasteiger partial charge on any atom is 0.320 e. The van der Waals surface area contributed by atoms with Gasteiger partial charge in [0, 0.05) is 4.47 Å². The van der Waals surface area contributed by atoms with Crippen LogP contribution in [0.2, 0.25) is 0 Å². The maximum atomic E-state index is 11.8. The van der Waals surface area contributed by atoms with Crippen LogP contribution in [0.25, 0.3) is 0 Å². The number of benzene rings is 1. The van der Waals surface area contributed by atoms with Gasteiger partial charge in [-0.2, -0.15) is 0 Å². The number of carbonyl (C=O) groups excluding carboxylic acids is 1. The fraction of sp³-hybridized carbons (Fsp3) is 0.385. The molecule has 0 aliphatic carbocycles. The lowest BCUT2D eigenvalue weighted by Crippen LogP contribution is -2.40. The van der Waals surface area contributed by atoms with Crippen molar-refractivity contribution in [2.24, 2.45) is 0 Å². The molecule has 7 heteroatoms. The van der Waals surface area contributed by atoms with Gasteiger partial charge in [0.15, 0.2) is 0 Å². The van der Waals surface area contributed by atoms with Crippen molar-refractivity contribution in [2.45, 2.75) is 19.9 Å². The van der Waals surface area contributed by atoms with E-state index in [-0.39, 0.29) is 24.9 Å². The fourth-order valence-corrected chi connectivity index (χ4v) is 2.06. The van der Waals surface area contributed by atoms with Crippen LogP contribution in [0.5, 0.6) is 0 Å². The Balaban J connectivity index is 0.00000361. The van der Waals surface area contributed by atoms with Crippen molar-refractivity contribution < 1.29 is 14.7 Å². The average molecular weight is 366 g/mol. The molecule has 1 aromatic rings. The number of aryl methyl sites for hydroxylation is 1. The zero-order chi connectivity index (χ0) is 14.6. The minimum Gasteiger partial charge on any atom is -0.480 e. The first-order chi connectivity index (χ1) is 8.81. The van der Waals surface area contributed by atoms with Gasteiger partial charge in [-0.1, -0.05) is 6.07 Å². The fourth-order valence-electron chi connectivity index (χ4n) is 1.46. The number of anilines is 1. The molecule has 0 aliphatic heterocycles. The van der Waals surface area contributed by atoms with Crippen molar-refractivity contribution in [3.05, 3.63) is 28.2 Å². The monoisotopic (exact) mass is 364 g/mol. The van der Waals surface area contributed by atoms with Crippen LogP contribution >= 0.6 is 28.3 Å². The van der Waals surface area contributed by atoms with Crippen molar-refractivity contribution in [3.8, 4) is 0 Å². The number of amides is 1. The largest absolute Gasteiger partial charge is 0.480 e. The molecule has 0 fully saturated rings. The standard InChI is InChI=1S/C13H17BrN2O3.ClH/c1-8-4-5-11(10(14)6-8)15-12(17)7-16(3)9(2)13(18)19;/h4-6,9H,7H2,1-3H3,(H,15,17)(H,18,19);1H. The average Bonchev–Trinajstić information content (AvgIpc) is 2.31. The molecule has 1 atom stereocenters. The highest BCUT2D eigenvalue weighted by atomic mass is 79.9. The molecule has 1 amide bonds. The Morgan fingerprint density at radius 3 is 2.55 bits per heavy atom. The number of nitrogens with zero attached hydrogens (tertiary/aromatic N) is 1. The van der Waals surface area contributed by atoms with Crippen LogP contribution in [-0.4, -0.2) is 41.5 Å². The van der Waals surface area contributed by atoms with Crippen LogP contribution in [0.4, 0.5) is 5.69 Å². The number of carboxylic acid groups (broad SMARTS) is 1. The van der Waals surface area contributed by atoms with E-state index in [0.717, 1.165) is 10.0 Å². The van der Waals surface area contributed by atoms with Crippen LogP contribution in [0.3, 0.4) is 0 Å². The predicted molar refractivity (Wildman–Crippen MR) is 84.5 cm³/mol. The van der Waals surface area contributed by atoms with Crippen molar-refractivity contribution in [2.75, 3.05) is 18.9 Å². The molecule has 0 radical (unpaired) electrons. The molecule has 0 saturated heterocycles. The van der Waals surface area contributed by atoms with Gasteiger partial charge >= 0.3 is 5.97 Å². The number of carboxylic acids is 1. The van der Waals surface area contributed by atoms with Crippen LogP contribution in [-0.2, 0) is 9.59 Å². The summed E-state index contributed by atoms with van der Waals surface area (Å²) in [5.74, 6) is -1.20. The molecular weight excluding hydrogens is 348 g/mol. The van der Waals surface area contributed by atoms with E-state index in [1.807, 2.05) is 19.1 Å². The summed E-state index contributed by atoms with van der Waals surface area (Å²) in [7, 11) is 1.60. The lowest BCUT2D eigenvalue weighted by Gasteiger charge is -2.20. The first-order valence-electron chi connectivity index (χ1n) is 5.80. The highest BCUT2D eigenvalue weighted by Gasteiger charge is 2.19. The smallest absolute Gasteiger partial charge is 0.320 e. The minimum atomic E-state index is -0.952. The van der Waals surface area contributed by atoms with Crippen molar-refractivity contribution in [1.82, 2.24) is 4.90 Å². The Morgan fingerprint density at radius 1 is 1.45 bits per heavy atom. The Bertz CT molecular complexity index is 497. The molecule has 0 aliphatic rings. The summed E-state index contributed by atoms with van der Waals surface area (Å²) in [5.41, 5.74) is 1.76. The highest BCUT2D eigenvalue weighted by Crippen LogP contribution is 2.23. The lowest BCUT2D eigenvalue weighted by molar-refractivity contribution is -0.142. The minimum absolute atomic E-state index is 0. The topological polar surface area (TPSA) is 69.6 Å². The van der Waals surface area contributed by atoms with Gasteiger partial charge in [0.1, 0.15) is 6.04 Å². The highest BCUT2D eigenvalue weighted by molar-refractivity contribution is 9.10. The summed E-state index contributed by atoms with van der Waals surface area (Å²) in [5, 5.41) is 11.6.